The van der Waals surface area contributed by atoms with Gasteiger partial charge in [-0.25, -0.2) is 4.79 Å². The van der Waals surface area contributed by atoms with E-state index in [2.05, 4.69) is 13.2 Å². The highest BCUT2D eigenvalue weighted by Gasteiger charge is 2.12. The number of benzene rings is 1. The Morgan fingerprint density at radius 1 is 1.33 bits per heavy atom. The summed E-state index contributed by atoms with van der Waals surface area (Å²) in [7, 11) is 0. The number of esters is 1. The molecule has 0 saturated heterocycles. The van der Waals surface area contributed by atoms with Gasteiger partial charge in [-0.1, -0.05) is 43.0 Å². The van der Waals surface area contributed by atoms with E-state index in [1.807, 2.05) is 30.3 Å². The van der Waals surface area contributed by atoms with Crippen molar-refractivity contribution in [1.29, 1.82) is 0 Å². The van der Waals surface area contributed by atoms with Crippen molar-refractivity contribution in [2.75, 3.05) is 0 Å². The largest absolute Gasteiger partial charge is 0.454 e. The zero-order valence-electron chi connectivity index (χ0n) is 8.56. The molecule has 1 atom stereocenters. The normalized spacial score (nSPS) is 11.5. The van der Waals surface area contributed by atoms with Crippen molar-refractivity contribution >= 4 is 5.97 Å². The number of hydrogen-bond donors (Lipinski definition) is 0. The number of rotatable bonds is 5. The van der Waals surface area contributed by atoms with E-state index in [-0.39, 0.29) is 6.10 Å². The Morgan fingerprint density at radius 2 is 2.00 bits per heavy atom. The van der Waals surface area contributed by atoms with Gasteiger partial charge in [0.1, 0.15) is 6.10 Å². The molecule has 0 aliphatic carbocycles. The third-order valence-corrected chi connectivity index (χ3v) is 1.98. The van der Waals surface area contributed by atoms with Crippen LogP contribution in [0.3, 0.4) is 0 Å². The summed E-state index contributed by atoms with van der Waals surface area (Å²) in [6, 6.07) is 9.58. The van der Waals surface area contributed by atoms with E-state index in [0.29, 0.717) is 6.42 Å². The predicted molar refractivity (Wildman–Crippen MR) is 60.3 cm³/mol. The van der Waals surface area contributed by atoms with Crippen LogP contribution >= 0.6 is 0 Å². The van der Waals surface area contributed by atoms with Crippen molar-refractivity contribution in [2.24, 2.45) is 0 Å². The lowest BCUT2D eigenvalue weighted by Gasteiger charge is -2.15. The monoisotopic (exact) mass is 202 g/mol. The van der Waals surface area contributed by atoms with E-state index in [9.17, 15) is 4.79 Å². The maximum Gasteiger partial charge on any atom is 0.330 e. The molecule has 15 heavy (non-hydrogen) atoms. The third-order valence-electron chi connectivity index (χ3n) is 1.98. The quantitative estimate of drug-likeness (QED) is 0.417. The van der Waals surface area contributed by atoms with Crippen LogP contribution in [-0.4, -0.2) is 5.97 Å². The van der Waals surface area contributed by atoms with Crippen LogP contribution in [0.15, 0.2) is 55.6 Å². The highest BCUT2D eigenvalue weighted by atomic mass is 16.5. The van der Waals surface area contributed by atoms with Gasteiger partial charge in [-0.2, -0.15) is 0 Å². The first-order chi connectivity index (χ1) is 7.27. The molecule has 1 rings (SSSR count). The number of carbonyl (C=O) groups excluding carboxylic acids is 1. The molecular weight excluding hydrogens is 188 g/mol. The molecular formula is C13H14O2. The summed E-state index contributed by atoms with van der Waals surface area (Å²) in [5, 5.41) is 0. The standard InChI is InChI=1S/C13H14O2/c1-3-8-12(15-13(14)4-2)11-9-6-5-7-10-11/h3-7,9-10,12H,1-2,8H2/t12-/m1/s1. The summed E-state index contributed by atoms with van der Waals surface area (Å²) in [6.07, 6.45) is 3.23. The van der Waals surface area contributed by atoms with Gasteiger partial charge in [0.05, 0.1) is 0 Å². The molecule has 0 N–H and O–H groups in total. The Kier molecular flexibility index (Phi) is 4.35. The van der Waals surface area contributed by atoms with Crippen LogP contribution in [0.2, 0.25) is 0 Å². The van der Waals surface area contributed by atoms with Crippen LogP contribution in [0.5, 0.6) is 0 Å². The van der Waals surface area contributed by atoms with Crippen molar-refractivity contribution in [2.45, 2.75) is 12.5 Å². The van der Waals surface area contributed by atoms with E-state index in [1.165, 1.54) is 6.08 Å². The van der Waals surface area contributed by atoms with Crippen molar-refractivity contribution in [1.82, 2.24) is 0 Å². The summed E-state index contributed by atoms with van der Waals surface area (Å²) in [5.41, 5.74) is 0.965. The Bertz CT molecular complexity index is 341. The number of hydrogen-bond acceptors (Lipinski definition) is 2. The van der Waals surface area contributed by atoms with Crippen LogP contribution in [0.1, 0.15) is 18.1 Å². The van der Waals surface area contributed by atoms with E-state index in [0.717, 1.165) is 5.56 Å². The van der Waals surface area contributed by atoms with Gasteiger partial charge >= 0.3 is 5.97 Å². The topological polar surface area (TPSA) is 26.3 Å². The summed E-state index contributed by atoms with van der Waals surface area (Å²) in [4.78, 5) is 11.1. The van der Waals surface area contributed by atoms with Gasteiger partial charge in [0.25, 0.3) is 0 Å². The van der Waals surface area contributed by atoms with Crippen molar-refractivity contribution in [3.63, 3.8) is 0 Å². The van der Waals surface area contributed by atoms with Gasteiger partial charge in [-0.3, -0.25) is 0 Å². The summed E-state index contributed by atoms with van der Waals surface area (Å²) >= 11 is 0. The van der Waals surface area contributed by atoms with Crippen LogP contribution in [-0.2, 0) is 9.53 Å². The van der Waals surface area contributed by atoms with E-state index in [1.54, 1.807) is 6.08 Å². The maximum atomic E-state index is 11.1. The highest BCUT2D eigenvalue weighted by molar-refractivity contribution is 5.81. The first kappa shape index (κ1) is 11.2. The van der Waals surface area contributed by atoms with Gasteiger partial charge in [0.2, 0.25) is 0 Å². The maximum absolute atomic E-state index is 11.1. The average molecular weight is 202 g/mol. The van der Waals surface area contributed by atoms with Gasteiger partial charge in [-0.15, -0.1) is 6.58 Å². The molecule has 1 aromatic rings. The second kappa shape index (κ2) is 5.81. The Morgan fingerprint density at radius 3 is 2.53 bits per heavy atom. The molecule has 0 radical (unpaired) electrons. The minimum absolute atomic E-state index is 0.269. The molecule has 0 aliphatic rings. The molecule has 0 amide bonds. The Hall–Kier alpha value is -1.83. The fourth-order valence-corrected chi connectivity index (χ4v) is 1.26. The minimum Gasteiger partial charge on any atom is -0.454 e. The lowest BCUT2D eigenvalue weighted by molar-refractivity contribution is -0.143. The van der Waals surface area contributed by atoms with Crippen LogP contribution in [0, 0.1) is 0 Å². The highest BCUT2D eigenvalue weighted by Crippen LogP contribution is 2.21. The summed E-state index contributed by atoms with van der Waals surface area (Å²) in [5.74, 6) is -0.411. The molecule has 2 heteroatoms. The first-order valence-corrected chi connectivity index (χ1v) is 4.76. The number of ether oxygens (including phenoxy) is 1. The molecule has 0 bridgehead atoms. The molecule has 0 saturated carbocycles. The van der Waals surface area contributed by atoms with Crippen LogP contribution in [0.4, 0.5) is 0 Å². The third kappa shape index (κ3) is 3.43. The second-order valence-corrected chi connectivity index (χ2v) is 3.06. The van der Waals surface area contributed by atoms with Crippen molar-refractivity contribution in [3.8, 4) is 0 Å². The molecule has 0 heterocycles. The molecule has 2 nitrogen and oxygen atoms in total. The van der Waals surface area contributed by atoms with Gasteiger partial charge < -0.3 is 4.74 Å². The Labute approximate surface area is 89.9 Å². The lowest BCUT2D eigenvalue weighted by Crippen LogP contribution is -2.08. The van der Waals surface area contributed by atoms with Gasteiger partial charge in [0, 0.05) is 12.5 Å². The average Bonchev–Trinajstić information content (AvgIpc) is 2.29. The zero-order valence-corrected chi connectivity index (χ0v) is 8.56. The zero-order chi connectivity index (χ0) is 11.1. The summed E-state index contributed by atoms with van der Waals surface area (Å²) in [6.45, 7) is 7.01. The molecule has 0 fully saturated rings. The fourth-order valence-electron chi connectivity index (χ4n) is 1.26. The van der Waals surface area contributed by atoms with Crippen LogP contribution < -0.4 is 0 Å². The lowest BCUT2D eigenvalue weighted by atomic mass is 10.1. The molecule has 0 spiro atoms. The molecule has 1 aromatic carbocycles. The van der Waals surface area contributed by atoms with Gasteiger partial charge in [-0.05, 0) is 5.56 Å². The fraction of sp³-hybridized carbons (Fsp3) is 0.154. The smallest absolute Gasteiger partial charge is 0.330 e. The number of carbonyl (C=O) groups is 1. The Balaban J connectivity index is 2.78. The van der Waals surface area contributed by atoms with E-state index >= 15 is 0 Å². The molecule has 0 unspecified atom stereocenters. The second-order valence-electron chi connectivity index (χ2n) is 3.06. The predicted octanol–water partition coefficient (Wildman–Crippen LogP) is 3.03. The SMILES string of the molecule is C=CC[C@@H](OC(=O)C=C)c1ccccc1. The van der Waals surface area contributed by atoms with E-state index < -0.39 is 5.97 Å². The molecule has 0 aliphatic heterocycles. The van der Waals surface area contributed by atoms with Gasteiger partial charge in [0.15, 0.2) is 0 Å². The molecule has 78 valence electrons. The minimum atomic E-state index is -0.411. The van der Waals surface area contributed by atoms with Crippen molar-refractivity contribution < 1.29 is 9.53 Å². The molecule has 0 aromatic heterocycles. The van der Waals surface area contributed by atoms with Crippen LogP contribution in [0.25, 0.3) is 0 Å². The summed E-state index contributed by atoms with van der Waals surface area (Å²) < 4.78 is 5.20. The van der Waals surface area contributed by atoms with Crippen molar-refractivity contribution in [3.05, 3.63) is 61.2 Å². The van der Waals surface area contributed by atoms with E-state index in [4.69, 9.17) is 4.74 Å². The first-order valence-electron chi connectivity index (χ1n) is 4.76.